The Morgan fingerprint density at radius 2 is 1.83 bits per heavy atom. The molecular formula is C17H18N3O3S+. The first-order valence-corrected chi connectivity index (χ1v) is 9.12. The fourth-order valence-electron chi connectivity index (χ4n) is 2.43. The van der Waals surface area contributed by atoms with Crippen molar-refractivity contribution in [2.75, 3.05) is 11.9 Å². The van der Waals surface area contributed by atoms with Crippen molar-refractivity contribution in [2.24, 2.45) is 0 Å². The van der Waals surface area contributed by atoms with Crippen molar-refractivity contribution in [3.63, 3.8) is 0 Å². The van der Waals surface area contributed by atoms with Crippen LogP contribution in [-0.4, -0.2) is 26.7 Å². The number of hydrogen-bond acceptors (Lipinski definition) is 3. The molecular weight excluding hydrogens is 326 g/mol. The van der Waals surface area contributed by atoms with Gasteiger partial charge in [0.2, 0.25) is 0 Å². The molecule has 0 aromatic heterocycles. The highest BCUT2D eigenvalue weighted by molar-refractivity contribution is 7.90. The SMILES string of the molecule is O=C(Nc1cccc(S(=O)(=O)NC2=[NH+]CCC2)c1)c1ccccc1. The van der Waals surface area contributed by atoms with E-state index in [-0.39, 0.29) is 10.8 Å². The molecule has 0 aliphatic carbocycles. The molecule has 0 fully saturated rings. The van der Waals surface area contributed by atoms with E-state index in [1.165, 1.54) is 12.1 Å². The zero-order chi connectivity index (χ0) is 17.0. The number of nitrogens with one attached hydrogen (secondary N) is 3. The zero-order valence-corrected chi connectivity index (χ0v) is 13.8. The van der Waals surface area contributed by atoms with Crippen molar-refractivity contribution >= 4 is 27.5 Å². The number of carbonyl (C=O) groups excluding carboxylic acids is 1. The average Bonchev–Trinajstić information content (AvgIpc) is 3.08. The highest BCUT2D eigenvalue weighted by Crippen LogP contribution is 2.16. The minimum absolute atomic E-state index is 0.106. The Bertz CT molecular complexity index is 877. The van der Waals surface area contributed by atoms with Crippen LogP contribution in [0.5, 0.6) is 0 Å². The van der Waals surface area contributed by atoms with Gasteiger partial charge in [0.15, 0.2) is 0 Å². The Morgan fingerprint density at radius 3 is 2.54 bits per heavy atom. The second-order valence-electron chi connectivity index (χ2n) is 5.46. The molecule has 0 unspecified atom stereocenters. The van der Waals surface area contributed by atoms with Crippen LogP contribution in [-0.2, 0) is 10.0 Å². The third-order valence-corrected chi connectivity index (χ3v) is 5.03. The van der Waals surface area contributed by atoms with E-state index in [9.17, 15) is 13.2 Å². The van der Waals surface area contributed by atoms with Crippen LogP contribution in [0.2, 0.25) is 0 Å². The van der Waals surface area contributed by atoms with Gasteiger partial charge in [0.25, 0.3) is 11.7 Å². The van der Waals surface area contributed by atoms with Crippen LogP contribution in [0.15, 0.2) is 59.5 Å². The predicted octanol–water partition coefficient (Wildman–Crippen LogP) is 0.490. The van der Waals surface area contributed by atoms with Crippen LogP contribution in [0.3, 0.4) is 0 Å². The molecule has 0 bridgehead atoms. The van der Waals surface area contributed by atoms with Crippen molar-refractivity contribution in [1.29, 1.82) is 0 Å². The Kier molecular flexibility index (Phi) is 4.61. The second-order valence-corrected chi connectivity index (χ2v) is 7.14. The number of sulfonamides is 1. The van der Waals surface area contributed by atoms with Gasteiger partial charge < -0.3 is 5.32 Å². The van der Waals surface area contributed by atoms with Gasteiger partial charge in [-0.05, 0) is 36.8 Å². The average molecular weight is 344 g/mol. The fourth-order valence-corrected chi connectivity index (χ4v) is 3.59. The number of benzene rings is 2. The summed E-state index contributed by atoms with van der Waals surface area (Å²) in [5.41, 5.74) is 0.936. The number of carbonyl (C=O) groups is 1. The quantitative estimate of drug-likeness (QED) is 0.754. The fraction of sp³-hybridized carbons (Fsp3) is 0.176. The number of amidine groups is 1. The number of rotatable bonds is 4. The summed E-state index contributed by atoms with van der Waals surface area (Å²) in [5, 5.41) is 2.71. The normalized spacial score (nSPS) is 14.1. The molecule has 0 saturated heterocycles. The molecule has 1 aliphatic heterocycles. The van der Waals surface area contributed by atoms with Gasteiger partial charge in [-0.3, -0.25) is 9.79 Å². The van der Waals surface area contributed by atoms with E-state index in [4.69, 9.17) is 0 Å². The van der Waals surface area contributed by atoms with Gasteiger partial charge in [-0.1, -0.05) is 24.3 Å². The van der Waals surface area contributed by atoms with Crippen LogP contribution < -0.4 is 15.0 Å². The van der Waals surface area contributed by atoms with Crippen LogP contribution in [0.25, 0.3) is 0 Å². The third kappa shape index (κ3) is 3.80. The summed E-state index contributed by atoms with van der Waals surface area (Å²) in [7, 11) is -3.67. The Hall–Kier alpha value is -2.67. The lowest BCUT2D eigenvalue weighted by molar-refractivity contribution is -0.448. The minimum Gasteiger partial charge on any atom is -0.322 e. The van der Waals surface area contributed by atoms with E-state index in [1.807, 2.05) is 6.07 Å². The monoisotopic (exact) mass is 344 g/mol. The van der Waals surface area contributed by atoms with Crippen LogP contribution in [0.4, 0.5) is 5.69 Å². The summed E-state index contributed by atoms with van der Waals surface area (Å²) in [4.78, 5) is 15.3. The summed E-state index contributed by atoms with van der Waals surface area (Å²) < 4.78 is 27.4. The van der Waals surface area contributed by atoms with Crippen LogP contribution in [0, 0.1) is 0 Å². The number of amides is 1. The highest BCUT2D eigenvalue weighted by atomic mass is 32.2. The first-order chi connectivity index (χ1) is 11.5. The lowest BCUT2D eigenvalue weighted by Gasteiger charge is -2.07. The molecule has 24 heavy (non-hydrogen) atoms. The standard InChI is InChI=1S/C17H17N3O3S/c21-17(13-6-2-1-3-7-13)19-14-8-4-9-15(12-14)24(22,23)20-16-10-5-11-18-16/h1-4,6-9,12H,5,10-11H2,(H,18,20)(H,19,21)/p+1. The molecule has 2 aromatic rings. The molecule has 3 N–H and O–H groups in total. The topological polar surface area (TPSA) is 89.2 Å². The summed E-state index contributed by atoms with van der Waals surface area (Å²) in [6.07, 6.45) is 1.59. The maximum atomic E-state index is 12.4. The van der Waals surface area contributed by atoms with Gasteiger partial charge in [-0.15, -0.1) is 0 Å². The molecule has 124 valence electrons. The minimum atomic E-state index is -3.67. The van der Waals surface area contributed by atoms with Crippen LogP contribution in [0.1, 0.15) is 23.2 Å². The summed E-state index contributed by atoms with van der Waals surface area (Å²) >= 11 is 0. The predicted molar refractivity (Wildman–Crippen MR) is 91.2 cm³/mol. The molecule has 6 nitrogen and oxygen atoms in total. The van der Waals surface area contributed by atoms with E-state index < -0.39 is 10.0 Å². The zero-order valence-electron chi connectivity index (χ0n) is 13.0. The van der Waals surface area contributed by atoms with E-state index >= 15 is 0 Å². The second kappa shape index (κ2) is 6.84. The smallest absolute Gasteiger partial charge is 0.322 e. The van der Waals surface area contributed by atoms with Crippen molar-refractivity contribution in [1.82, 2.24) is 4.72 Å². The molecule has 1 aliphatic rings. The lowest BCUT2D eigenvalue weighted by atomic mass is 10.2. The molecule has 7 heteroatoms. The lowest BCUT2D eigenvalue weighted by Crippen LogP contribution is -2.72. The van der Waals surface area contributed by atoms with Crippen molar-refractivity contribution in [3.8, 4) is 0 Å². The van der Waals surface area contributed by atoms with Crippen LogP contribution >= 0.6 is 0 Å². The van der Waals surface area contributed by atoms with E-state index in [2.05, 4.69) is 15.0 Å². The van der Waals surface area contributed by atoms with Crippen molar-refractivity contribution in [2.45, 2.75) is 17.7 Å². The highest BCUT2D eigenvalue weighted by Gasteiger charge is 2.24. The van der Waals surface area contributed by atoms with Gasteiger partial charge in [0.1, 0.15) is 4.90 Å². The largest absolute Gasteiger partial charge is 0.328 e. The van der Waals surface area contributed by atoms with Gasteiger partial charge >= 0.3 is 10.0 Å². The summed E-state index contributed by atoms with van der Waals surface area (Å²) in [5.74, 6) is 0.318. The Morgan fingerprint density at radius 1 is 1.04 bits per heavy atom. The van der Waals surface area contributed by atoms with E-state index in [1.54, 1.807) is 36.4 Å². The first kappa shape index (κ1) is 16.2. The molecule has 1 heterocycles. The molecule has 0 radical (unpaired) electrons. The summed E-state index contributed by atoms with van der Waals surface area (Å²) in [6.45, 7) is 0.769. The number of hydrogen-bond donors (Lipinski definition) is 3. The maximum absolute atomic E-state index is 12.4. The third-order valence-electron chi connectivity index (χ3n) is 3.64. The van der Waals surface area contributed by atoms with Crippen molar-refractivity contribution < 1.29 is 18.2 Å². The number of anilines is 1. The van der Waals surface area contributed by atoms with Gasteiger partial charge in [-0.2, -0.15) is 13.1 Å². The van der Waals surface area contributed by atoms with Gasteiger partial charge in [-0.25, -0.2) is 0 Å². The van der Waals surface area contributed by atoms with Gasteiger partial charge in [0, 0.05) is 11.3 Å². The molecule has 3 rings (SSSR count). The molecule has 2 aromatic carbocycles. The molecule has 0 saturated carbocycles. The maximum Gasteiger partial charge on any atom is 0.328 e. The van der Waals surface area contributed by atoms with E-state index in [0.29, 0.717) is 23.5 Å². The molecule has 0 spiro atoms. The Labute approximate surface area is 140 Å². The summed E-state index contributed by atoms with van der Waals surface area (Å²) in [6, 6.07) is 14.9. The molecule has 1 amide bonds. The van der Waals surface area contributed by atoms with Gasteiger partial charge in [0.05, 0.1) is 13.0 Å². The van der Waals surface area contributed by atoms with Crippen molar-refractivity contribution in [3.05, 3.63) is 60.2 Å². The molecule has 0 atom stereocenters. The first-order valence-electron chi connectivity index (χ1n) is 7.63. The Balaban J connectivity index is 1.77. The van der Waals surface area contributed by atoms with E-state index in [0.717, 1.165) is 13.0 Å².